The Morgan fingerprint density at radius 2 is 1.81 bits per heavy atom. The number of aromatic nitrogens is 2. The monoisotopic (exact) mass is 414 g/mol. The first-order valence-corrected chi connectivity index (χ1v) is 12.0. The minimum Gasteiger partial charge on any atom is -0.370 e. The van der Waals surface area contributed by atoms with Gasteiger partial charge >= 0.3 is 0 Å². The van der Waals surface area contributed by atoms with Crippen LogP contribution >= 0.6 is 0 Å². The fraction of sp³-hybridized carbons (Fsp3) is 0.444. The van der Waals surface area contributed by atoms with Gasteiger partial charge in [0.1, 0.15) is 5.82 Å². The molecule has 0 bridgehead atoms. The summed E-state index contributed by atoms with van der Waals surface area (Å²) in [4.78, 5) is 2.62. The molecule has 4 nitrogen and oxygen atoms in total. The molecule has 3 aromatic rings. The van der Waals surface area contributed by atoms with Gasteiger partial charge in [-0.1, -0.05) is 49.4 Å². The van der Waals surface area contributed by atoms with E-state index in [0.29, 0.717) is 5.92 Å². The summed E-state index contributed by atoms with van der Waals surface area (Å²) in [7, 11) is 0. The molecular weight excluding hydrogens is 380 g/mol. The lowest BCUT2D eigenvalue weighted by atomic mass is 9.91. The van der Waals surface area contributed by atoms with Gasteiger partial charge in [0.15, 0.2) is 0 Å². The minimum absolute atomic E-state index is 0.516. The molecule has 1 unspecified atom stereocenters. The van der Waals surface area contributed by atoms with Gasteiger partial charge in [-0.2, -0.15) is 5.10 Å². The Kier molecular flexibility index (Phi) is 6.08. The van der Waals surface area contributed by atoms with Crippen molar-refractivity contribution >= 4 is 5.82 Å². The van der Waals surface area contributed by atoms with Gasteiger partial charge in [-0.3, -0.25) is 4.90 Å². The summed E-state index contributed by atoms with van der Waals surface area (Å²) in [5.41, 5.74) is 6.75. The highest BCUT2D eigenvalue weighted by molar-refractivity contribution is 5.55. The summed E-state index contributed by atoms with van der Waals surface area (Å²) >= 11 is 0. The van der Waals surface area contributed by atoms with E-state index in [0.717, 1.165) is 32.5 Å². The van der Waals surface area contributed by atoms with Crippen molar-refractivity contribution in [2.45, 2.75) is 57.9 Å². The zero-order valence-corrected chi connectivity index (χ0v) is 18.7. The van der Waals surface area contributed by atoms with Crippen LogP contribution in [0, 0.1) is 0 Å². The SMILES string of the molecule is CCc1ccc(-n2nc(C3CCCN(Cc4ccccc4)C3)c3c2NCCCC3)cc1. The molecular formula is C27H34N4. The normalized spacial score (nSPS) is 19.5. The number of anilines is 1. The van der Waals surface area contributed by atoms with Gasteiger partial charge in [-0.25, -0.2) is 4.68 Å². The van der Waals surface area contributed by atoms with Crippen LogP contribution in [0.1, 0.15) is 60.9 Å². The number of fused-ring (bicyclic) bond motifs is 1. The van der Waals surface area contributed by atoms with Crippen molar-refractivity contribution in [2.24, 2.45) is 0 Å². The predicted molar refractivity (Wildman–Crippen MR) is 128 cm³/mol. The van der Waals surface area contributed by atoms with E-state index in [-0.39, 0.29) is 0 Å². The van der Waals surface area contributed by atoms with E-state index in [1.807, 2.05) is 0 Å². The van der Waals surface area contributed by atoms with Crippen molar-refractivity contribution in [1.29, 1.82) is 0 Å². The van der Waals surface area contributed by atoms with E-state index in [4.69, 9.17) is 5.10 Å². The first-order valence-electron chi connectivity index (χ1n) is 12.0. The third kappa shape index (κ3) is 4.40. The van der Waals surface area contributed by atoms with Gasteiger partial charge in [-0.05, 0) is 68.3 Å². The fourth-order valence-electron chi connectivity index (χ4n) is 5.18. The van der Waals surface area contributed by atoms with Crippen molar-refractivity contribution in [2.75, 3.05) is 25.0 Å². The molecule has 4 heteroatoms. The highest BCUT2D eigenvalue weighted by Gasteiger charge is 2.29. The quantitative estimate of drug-likeness (QED) is 0.593. The lowest BCUT2D eigenvalue weighted by Crippen LogP contribution is -2.34. The molecule has 31 heavy (non-hydrogen) atoms. The number of hydrogen-bond donors (Lipinski definition) is 1. The number of piperidine rings is 1. The second-order valence-corrected chi connectivity index (χ2v) is 9.09. The second-order valence-electron chi connectivity index (χ2n) is 9.09. The second kappa shape index (κ2) is 9.27. The molecule has 5 rings (SSSR count). The largest absolute Gasteiger partial charge is 0.370 e. The molecule has 0 radical (unpaired) electrons. The van der Waals surface area contributed by atoms with E-state index in [2.05, 4.69) is 76.4 Å². The standard InChI is InChI=1S/C27H34N4/c1-2-21-13-15-24(16-14-21)31-27-25(12-6-7-17-28-27)26(29-31)23-11-8-18-30(20-23)19-22-9-4-3-5-10-22/h3-5,9-10,13-16,23,28H,2,6-8,11-12,17-20H2,1H3. The lowest BCUT2D eigenvalue weighted by Gasteiger charge is -2.32. The van der Waals surface area contributed by atoms with Crippen LogP contribution in [-0.2, 0) is 19.4 Å². The highest BCUT2D eigenvalue weighted by atomic mass is 15.3. The molecule has 0 saturated carbocycles. The van der Waals surface area contributed by atoms with E-state index < -0.39 is 0 Å². The van der Waals surface area contributed by atoms with Gasteiger partial charge in [-0.15, -0.1) is 0 Å². The van der Waals surface area contributed by atoms with Gasteiger partial charge in [0.05, 0.1) is 11.4 Å². The Balaban J connectivity index is 1.44. The Hall–Kier alpha value is -2.59. The molecule has 2 aromatic carbocycles. The van der Waals surface area contributed by atoms with E-state index in [1.165, 1.54) is 66.1 Å². The first-order chi connectivity index (χ1) is 15.3. The number of likely N-dealkylation sites (tertiary alicyclic amines) is 1. The number of nitrogens with one attached hydrogen (secondary N) is 1. The maximum Gasteiger partial charge on any atom is 0.133 e. The molecule has 1 aromatic heterocycles. The number of nitrogens with zero attached hydrogens (tertiary/aromatic N) is 3. The maximum absolute atomic E-state index is 5.25. The van der Waals surface area contributed by atoms with E-state index in [1.54, 1.807) is 0 Å². The van der Waals surface area contributed by atoms with Crippen LogP contribution in [0.4, 0.5) is 5.82 Å². The van der Waals surface area contributed by atoms with Gasteiger partial charge in [0.2, 0.25) is 0 Å². The molecule has 162 valence electrons. The first kappa shape index (κ1) is 20.3. The maximum atomic E-state index is 5.25. The zero-order valence-electron chi connectivity index (χ0n) is 18.7. The molecule has 1 fully saturated rings. The summed E-state index contributed by atoms with van der Waals surface area (Å²) in [5, 5.41) is 8.97. The van der Waals surface area contributed by atoms with Crippen molar-refractivity contribution in [3.63, 3.8) is 0 Å². The zero-order chi connectivity index (χ0) is 21.0. The molecule has 0 spiro atoms. The lowest BCUT2D eigenvalue weighted by molar-refractivity contribution is 0.198. The van der Waals surface area contributed by atoms with Gasteiger partial charge < -0.3 is 5.32 Å². The molecule has 3 heterocycles. The minimum atomic E-state index is 0.516. The van der Waals surface area contributed by atoms with Crippen LogP contribution < -0.4 is 5.32 Å². The molecule has 2 aliphatic rings. The third-order valence-electron chi connectivity index (χ3n) is 6.89. The molecule has 1 N–H and O–H groups in total. The van der Waals surface area contributed by atoms with Crippen molar-refractivity contribution in [3.8, 4) is 5.69 Å². The number of rotatable bonds is 5. The number of hydrogen-bond acceptors (Lipinski definition) is 3. The van der Waals surface area contributed by atoms with Crippen LogP contribution in [-0.4, -0.2) is 34.3 Å². The fourth-order valence-corrected chi connectivity index (χ4v) is 5.18. The average Bonchev–Trinajstić information content (AvgIpc) is 3.00. The van der Waals surface area contributed by atoms with Crippen LogP contribution in [0.25, 0.3) is 5.69 Å². The Morgan fingerprint density at radius 3 is 2.61 bits per heavy atom. The summed E-state index contributed by atoms with van der Waals surface area (Å²) in [5.74, 6) is 1.75. The number of benzene rings is 2. The molecule has 0 aliphatic carbocycles. The third-order valence-corrected chi connectivity index (χ3v) is 6.89. The van der Waals surface area contributed by atoms with Gasteiger partial charge in [0.25, 0.3) is 0 Å². The summed E-state index contributed by atoms with van der Waals surface area (Å²) in [6.07, 6.45) is 7.17. The van der Waals surface area contributed by atoms with Crippen molar-refractivity contribution in [1.82, 2.24) is 14.7 Å². The summed E-state index contributed by atoms with van der Waals surface area (Å²) < 4.78 is 2.19. The Bertz CT molecular complexity index is 990. The number of aryl methyl sites for hydroxylation is 1. The Labute approximate surface area is 186 Å². The molecule has 2 aliphatic heterocycles. The highest BCUT2D eigenvalue weighted by Crippen LogP contribution is 2.36. The van der Waals surface area contributed by atoms with E-state index >= 15 is 0 Å². The predicted octanol–water partition coefficient (Wildman–Crippen LogP) is 5.56. The van der Waals surface area contributed by atoms with E-state index in [9.17, 15) is 0 Å². The van der Waals surface area contributed by atoms with Crippen molar-refractivity contribution in [3.05, 3.63) is 77.0 Å². The molecule has 1 atom stereocenters. The van der Waals surface area contributed by atoms with Crippen LogP contribution in [0.3, 0.4) is 0 Å². The average molecular weight is 415 g/mol. The summed E-state index contributed by atoms with van der Waals surface area (Å²) in [6, 6.07) is 19.8. The molecule has 1 saturated heterocycles. The van der Waals surface area contributed by atoms with Crippen LogP contribution in [0.5, 0.6) is 0 Å². The molecule has 0 amide bonds. The smallest absolute Gasteiger partial charge is 0.133 e. The van der Waals surface area contributed by atoms with Gasteiger partial charge in [0, 0.05) is 31.1 Å². The van der Waals surface area contributed by atoms with Crippen molar-refractivity contribution < 1.29 is 0 Å². The van der Waals surface area contributed by atoms with Crippen LogP contribution in [0.2, 0.25) is 0 Å². The Morgan fingerprint density at radius 1 is 0.968 bits per heavy atom. The van der Waals surface area contributed by atoms with Crippen LogP contribution in [0.15, 0.2) is 54.6 Å². The topological polar surface area (TPSA) is 33.1 Å². The summed E-state index contributed by atoms with van der Waals surface area (Å²) in [6.45, 7) is 6.57.